The van der Waals surface area contributed by atoms with Gasteiger partial charge in [-0.25, -0.2) is 0 Å². The maximum atomic E-state index is 5.38. The molecule has 0 amide bonds. The summed E-state index contributed by atoms with van der Waals surface area (Å²) in [7, 11) is 0. The lowest BCUT2D eigenvalue weighted by atomic mass is 9.96. The Kier molecular flexibility index (Phi) is 3.82. The van der Waals surface area contributed by atoms with Crippen LogP contribution in [0.4, 0.5) is 0 Å². The van der Waals surface area contributed by atoms with Crippen molar-refractivity contribution in [2.45, 2.75) is 58.4 Å². The van der Waals surface area contributed by atoms with Crippen molar-refractivity contribution >= 4 is 0 Å². The highest BCUT2D eigenvalue weighted by Crippen LogP contribution is 2.28. The van der Waals surface area contributed by atoms with Gasteiger partial charge in [0.05, 0.1) is 0 Å². The van der Waals surface area contributed by atoms with E-state index in [4.69, 9.17) is 4.52 Å². The van der Waals surface area contributed by atoms with Crippen molar-refractivity contribution in [2.75, 3.05) is 13.1 Å². The van der Waals surface area contributed by atoms with Gasteiger partial charge >= 0.3 is 0 Å². The molecule has 0 N–H and O–H groups in total. The van der Waals surface area contributed by atoms with E-state index in [1.165, 1.54) is 0 Å². The Bertz CT molecular complexity index is 351. The number of rotatable bonds is 3. The van der Waals surface area contributed by atoms with E-state index >= 15 is 0 Å². The average Bonchev–Trinajstić information content (AvgIpc) is 2.78. The minimum atomic E-state index is 0.350. The highest BCUT2D eigenvalue weighted by molar-refractivity contribution is 4.99. The fourth-order valence-corrected chi connectivity index (χ4v) is 2.31. The molecule has 0 saturated carbocycles. The fraction of sp³-hybridized carbons (Fsp3) is 0.846. The van der Waals surface area contributed by atoms with Crippen molar-refractivity contribution < 1.29 is 4.52 Å². The molecule has 1 aliphatic heterocycles. The van der Waals surface area contributed by atoms with E-state index < -0.39 is 0 Å². The highest BCUT2D eigenvalue weighted by atomic mass is 16.5. The maximum absolute atomic E-state index is 5.38. The Morgan fingerprint density at radius 2 is 1.82 bits per heavy atom. The quantitative estimate of drug-likeness (QED) is 0.810. The Morgan fingerprint density at radius 1 is 1.18 bits per heavy atom. The van der Waals surface area contributed by atoms with Gasteiger partial charge in [0.2, 0.25) is 5.89 Å². The monoisotopic (exact) mass is 237 g/mol. The minimum Gasteiger partial charge on any atom is -0.339 e. The zero-order valence-electron chi connectivity index (χ0n) is 11.3. The second kappa shape index (κ2) is 5.17. The molecule has 0 bridgehead atoms. The molecular weight excluding hydrogens is 214 g/mol. The summed E-state index contributed by atoms with van der Waals surface area (Å²) >= 11 is 0. The molecule has 96 valence electrons. The van der Waals surface area contributed by atoms with Gasteiger partial charge in [0.15, 0.2) is 5.82 Å². The summed E-state index contributed by atoms with van der Waals surface area (Å²) in [5, 5.41) is 4.05. The van der Waals surface area contributed by atoms with Crippen LogP contribution < -0.4 is 0 Å². The summed E-state index contributed by atoms with van der Waals surface area (Å²) in [6.07, 6.45) is 2.27. The second-order valence-electron chi connectivity index (χ2n) is 5.55. The number of likely N-dealkylation sites (tertiary alicyclic amines) is 1. The predicted molar refractivity (Wildman–Crippen MR) is 67.1 cm³/mol. The van der Waals surface area contributed by atoms with Gasteiger partial charge in [-0.2, -0.15) is 4.98 Å². The molecule has 4 heteroatoms. The van der Waals surface area contributed by atoms with Gasteiger partial charge < -0.3 is 9.42 Å². The summed E-state index contributed by atoms with van der Waals surface area (Å²) < 4.78 is 5.38. The smallest absolute Gasteiger partial charge is 0.229 e. The second-order valence-corrected chi connectivity index (χ2v) is 5.55. The lowest BCUT2D eigenvalue weighted by Gasteiger charge is -2.33. The minimum absolute atomic E-state index is 0.350. The lowest BCUT2D eigenvalue weighted by Crippen LogP contribution is -2.37. The van der Waals surface area contributed by atoms with Gasteiger partial charge in [-0.05, 0) is 39.8 Å². The van der Waals surface area contributed by atoms with Crippen LogP contribution in [0, 0.1) is 0 Å². The molecule has 17 heavy (non-hydrogen) atoms. The van der Waals surface area contributed by atoms with Gasteiger partial charge in [0.1, 0.15) is 0 Å². The number of hydrogen-bond acceptors (Lipinski definition) is 4. The van der Waals surface area contributed by atoms with E-state index in [0.29, 0.717) is 17.9 Å². The first-order valence-electron chi connectivity index (χ1n) is 6.65. The summed E-state index contributed by atoms with van der Waals surface area (Å²) in [6.45, 7) is 11.0. The molecule has 0 aliphatic carbocycles. The van der Waals surface area contributed by atoms with E-state index in [1.807, 2.05) is 0 Å². The third-order valence-electron chi connectivity index (χ3n) is 3.58. The molecule has 0 unspecified atom stereocenters. The molecule has 1 aliphatic rings. The topological polar surface area (TPSA) is 42.2 Å². The molecule has 1 aromatic rings. The highest BCUT2D eigenvalue weighted by Gasteiger charge is 2.26. The van der Waals surface area contributed by atoms with Crippen molar-refractivity contribution in [2.24, 2.45) is 0 Å². The van der Waals surface area contributed by atoms with Crippen LogP contribution in [0.25, 0.3) is 0 Å². The molecule has 2 heterocycles. The molecule has 1 aromatic heterocycles. The van der Waals surface area contributed by atoms with Crippen LogP contribution in [0.3, 0.4) is 0 Å². The molecule has 2 rings (SSSR count). The van der Waals surface area contributed by atoms with Crippen LogP contribution in [0.2, 0.25) is 0 Å². The van der Waals surface area contributed by atoms with Gasteiger partial charge in [0.25, 0.3) is 0 Å². The van der Waals surface area contributed by atoms with Gasteiger partial charge in [-0.1, -0.05) is 19.0 Å². The van der Waals surface area contributed by atoms with E-state index in [9.17, 15) is 0 Å². The number of nitrogens with zero attached hydrogens (tertiary/aromatic N) is 3. The van der Waals surface area contributed by atoms with Crippen LogP contribution in [-0.2, 0) is 0 Å². The SMILES string of the molecule is CC(C)c1noc(C2CCN(C(C)C)CC2)n1. The van der Waals surface area contributed by atoms with E-state index in [1.54, 1.807) is 0 Å². The number of aromatic nitrogens is 2. The zero-order chi connectivity index (χ0) is 12.4. The summed E-state index contributed by atoms with van der Waals surface area (Å²) in [5.74, 6) is 2.50. The Morgan fingerprint density at radius 3 is 2.29 bits per heavy atom. The molecule has 0 radical (unpaired) electrons. The van der Waals surface area contributed by atoms with Crippen molar-refractivity contribution in [3.05, 3.63) is 11.7 Å². The van der Waals surface area contributed by atoms with Crippen molar-refractivity contribution in [3.63, 3.8) is 0 Å². The molecule has 0 atom stereocenters. The Hall–Kier alpha value is -0.900. The lowest BCUT2D eigenvalue weighted by molar-refractivity contribution is 0.160. The largest absolute Gasteiger partial charge is 0.339 e. The fourth-order valence-electron chi connectivity index (χ4n) is 2.31. The first kappa shape index (κ1) is 12.6. The number of hydrogen-bond donors (Lipinski definition) is 0. The Labute approximate surface area is 103 Å². The van der Waals surface area contributed by atoms with Crippen LogP contribution >= 0.6 is 0 Å². The van der Waals surface area contributed by atoms with Crippen molar-refractivity contribution in [1.82, 2.24) is 15.0 Å². The van der Waals surface area contributed by atoms with Crippen molar-refractivity contribution in [3.8, 4) is 0 Å². The van der Waals surface area contributed by atoms with Crippen LogP contribution in [0.15, 0.2) is 4.52 Å². The Balaban J connectivity index is 1.96. The molecule has 1 saturated heterocycles. The van der Waals surface area contributed by atoms with Crippen LogP contribution in [-0.4, -0.2) is 34.2 Å². The molecule has 4 nitrogen and oxygen atoms in total. The average molecular weight is 237 g/mol. The molecule has 0 spiro atoms. The third kappa shape index (κ3) is 2.86. The first-order chi connectivity index (χ1) is 8.08. The van der Waals surface area contributed by atoms with Crippen LogP contribution in [0.5, 0.6) is 0 Å². The van der Waals surface area contributed by atoms with Crippen molar-refractivity contribution in [1.29, 1.82) is 0 Å². The molecule has 1 fully saturated rings. The normalized spacial score (nSPS) is 19.4. The molecule has 0 aromatic carbocycles. The first-order valence-corrected chi connectivity index (χ1v) is 6.65. The van der Waals surface area contributed by atoms with Gasteiger partial charge in [0, 0.05) is 17.9 Å². The summed E-state index contributed by atoms with van der Waals surface area (Å²) in [5.41, 5.74) is 0. The standard InChI is InChI=1S/C13H23N3O/c1-9(2)12-14-13(17-15-12)11-5-7-16(8-6-11)10(3)4/h9-11H,5-8H2,1-4H3. The van der Waals surface area contributed by atoms with Gasteiger partial charge in [-0.3, -0.25) is 0 Å². The molecular formula is C13H23N3O. The van der Waals surface area contributed by atoms with E-state index in [-0.39, 0.29) is 0 Å². The maximum Gasteiger partial charge on any atom is 0.229 e. The summed E-state index contributed by atoms with van der Waals surface area (Å²) in [6, 6.07) is 0.643. The summed E-state index contributed by atoms with van der Waals surface area (Å²) in [4.78, 5) is 7.02. The van der Waals surface area contributed by atoms with E-state index in [0.717, 1.165) is 37.6 Å². The third-order valence-corrected chi connectivity index (χ3v) is 3.58. The van der Waals surface area contributed by atoms with Gasteiger partial charge in [-0.15, -0.1) is 0 Å². The van der Waals surface area contributed by atoms with E-state index in [2.05, 4.69) is 42.7 Å². The predicted octanol–water partition coefficient (Wildman–Crippen LogP) is 2.78. The van der Waals surface area contributed by atoms with Crippen LogP contribution in [0.1, 0.15) is 64.1 Å². The number of piperidine rings is 1. The zero-order valence-corrected chi connectivity index (χ0v) is 11.3.